The lowest BCUT2D eigenvalue weighted by molar-refractivity contribution is -0.137. The van der Waals surface area contributed by atoms with Crippen molar-refractivity contribution in [1.29, 1.82) is 0 Å². The summed E-state index contributed by atoms with van der Waals surface area (Å²) in [6.07, 6.45) is -3.73. The maximum Gasteiger partial charge on any atom is 0.416 e. The number of carbonyl (C=O) groups is 1. The predicted octanol–water partition coefficient (Wildman–Crippen LogP) is 4.28. The quantitative estimate of drug-likeness (QED) is 0.597. The van der Waals surface area contributed by atoms with Crippen LogP contribution in [0, 0.1) is 5.92 Å². The van der Waals surface area contributed by atoms with Gasteiger partial charge in [0.25, 0.3) is 0 Å². The molecule has 0 saturated carbocycles. The number of hydrogen-bond acceptors (Lipinski definition) is 4. The fourth-order valence-electron chi connectivity index (χ4n) is 2.90. The maximum atomic E-state index is 12.6. The van der Waals surface area contributed by atoms with Crippen LogP contribution >= 0.6 is 0 Å². The van der Waals surface area contributed by atoms with E-state index in [1.807, 2.05) is 19.9 Å². The van der Waals surface area contributed by atoms with Gasteiger partial charge in [0.2, 0.25) is 5.91 Å². The Kier molecular flexibility index (Phi) is 8.11. The summed E-state index contributed by atoms with van der Waals surface area (Å²) in [7, 11) is 1.50. The summed E-state index contributed by atoms with van der Waals surface area (Å²) < 4.78 is 49.0. The molecule has 1 unspecified atom stereocenters. The summed E-state index contributed by atoms with van der Waals surface area (Å²) in [5.41, 5.74) is 6.23. The van der Waals surface area contributed by atoms with Crippen LogP contribution in [0.5, 0.6) is 11.5 Å². The molecule has 5 nitrogen and oxygen atoms in total. The number of primary amides is 1. The van der Waals surface area contributed by atoms with Crippen LogP contribution in [-0.4, -0.2) is 19.1 Å². The van der Waals surface area contributed by atoms with Gasteiger partial charge >= 0.3 is 6.18 Å². The van der Waals surface area contributed by atoms with Gasteiger partial charge in [0.1, 0.15) is 6.61 Å². The van der Waals surface area contributed by atoms with Crippen LogP contribution in [0.4, 0.5) is 13.2 Å². The van der Waals surface area contributed by atoms with E-state index >= 15 is 0 Å². The van der Waals surface area contributed by atoms with Crippen LogP contribution in [0.2, 0.25) is 0 Å². The highest BCUT2D eigenvalue weighted by Crippen LogP contribution is 2.31. The third-order valence-corrected chi connectivity index (χ3v) is 4.51. The van der Waals surface area contributed by atoms with Crippen LogP contribution < -0.4 is 20.5 Å². The second kappa shape index (κ2) is 10.3. The molecule has 3 N–H and O–H groups in total. The molecule has 164 valence electrons. The number of rotatable bonds is 10. The zero-order chi connectivity index (χ0) is 22.3. The average molecular weight is 424 g/mol. The van der Waals surface area contributed by atoms with Crippen molar-refractivity contribution in [3.8, 4) is 11.5 Å². The van der Waals surface area contributed by atoms with E-state index in [0.717, 1.165) is 17.7 Å². The summed E-state index contributed by atoms with van der Waals surface area (Å²) in [4.78, 5) is 11.6. The van der Waals surface area contributed by atoms with Crippen LogP contribution in [-0.2, 0) is 24.1 Å². The first-order chi connectivity index (χ1) is 14.1. The summed E-state index contributed by atoms with van der Waals surface area (Å²) in [6, 6.07) is 9.72. The fourth-order valence-corrected chi connectivity index (χ4v) is 2.90. The SMILES string of the molecule is COc1cc(CNC(CC(C)C)C(N)=O)ccc1OCc1ccc(C(F)(F)F)cc1. The van der Waals surface area contributed by atoms with E-state index in [0.29, 0.717) is 35.9 Å². The van der Waals surface area contributed by atoms with E-state index in [2.05, 4.69) is 5.32 Å². The van der Waals surface area contributed by atoms with Gasteiger partial charge in [-0.25, -0.2) is 0 Å². The smallest absolute Gasteiger partial charge is 0.416 e. The lowest BCUT2D eigenvalue weighted by Gasteiger charge is -2.18. The minimum absolute atomic E-state index is 0.101. The van der Waals surface area contributed by atoms with Crippen LogP contribution in [0.1, 0.15) is 37.0 Å². The fraction of sp³-hybridized carbons (Fsp3) is 0.409. The van der Waals surface area contributed by atoms with Crippen molar-refractivity contribution >= 4 is 5.91 Å². The molecule has 2 rings (SSSR count). The number of methoxy groups -OCH3 is 1. The first kappa shape index (κ1) is 23.5. The minimum atomic E-state index is -4.37. The van der Waals surface area contributed by atoms with Crippen molar-refractivity contribution in [2.75, 3.05) is 7.11 Å². The van der Waals surface area contributed by atoms with E-state index in [9.17, 15) is 18.0 Å². The normalized spacial score (nSPS) is 12.6. The molecule has 0 aliphatic carbocycles. The topological polar surface area (TPSA) is 73.6 Å². The molecule has 2 aromatic rings. The van der Waals surface area contributed by atoms with Gasteiger partial charge in [-0.05, 0) is 47.7 Å². The molecule has 0 spiro atoms. The minimum Gasteiger partial charge on any atom is -0.493 e. The van der Waals surface area contributed by atoms with Gasteiger partial charge in [-0.15, -0.1) is 0 Å². The summed E-state index contributed by atoms with van der Waals surface area (Å²) >= 11 is 0. The number of halogens is 3. The highest BCUT2D eigenvalue weighted by atomic mass is 19.4. The van der Waals surface area contributed by atoms with Crippen molar-refractivity contribution in [3.63, 3.8) is 0 Å². The molecular formula is C22H27F3N2O3. The summed E-state index contributed by atoms with van der Waals surface area (Å²) in [5.74, 6) is 0.883. The van der Waals surface area contributed by atoms with Crippen molar-refractivity contribution in [3.05, 3.63) is 59.2 Å². The largest absolute Gasteiger partial charge is 0.493 e. The van der Waals surface area contributed by atoms with Gasteiger partial charge in [-0.3, -0.25) is 4.79 Å². The zero-order valence-corrected chi connectivity index (χ0v) is 17.3. The van der Waals surface area contributed by atoms with Gasteiger partial charge < -0.3 is 20.5 Å². The molecule has 0 aliphatic heterocycles. The summed E-state index contributed by atoms with van der Waals surface area (Å²) in [6.45, 7) is 4.56. The van der Waals surface area contributed by atoms with Crippen molar-refractivity contribution < 1.29 is 27.4 Å². The van der Waals surface area contributed by atoms with Crippen molar-refractivity contribution in [2.45, 2.75) is 45.6 Å². The Bertz CT molecular complexity index is 837. The first-order valence-corrected chi connectivity index (χ1v) is 9.58. The van der Waals surface area contributed by atoms with E-state index in [1.54, 1.807) is 12.1 Å². The van der Waals surface area contributed by atoms with Gasteiger partial charge in [0.15, 0.2) is 11.5 Å². The Hall–Kier alpha value is -2.74. The van der Waals surface area contributed by atoms with Gasteiger partial charge in [0, 0.05) is 6.54 Å². The lowest BCUT2D eigenvalue weighted by atomic mass is 10.0. The number of alkyl halides is 3. The first-order valence-electron chi connectivity index (χ1n) is 9.58. The molecule has 30 heavy (non-hydrogen) atoms. The Labute approximate surface area is 174 Å². The molecule has 2 aromatic carbocycles. The standard InChI is InChI=1S/C22H27F3N2O3/c1-14(2)10-18(21(26)28)27-12-16-6-9-19(20(11-16)29-3)30-13-15-4-7-17(8-5-15)22(23,24)25/h4-9,11,14,18,27H,10,12-13H2,1-3H3,(H2,26,28). The van der Waals surface area contributed by atoms with Crippen LogP contribution in [0.25, 0.3) is 0 Å². The Morgan fingerprint density at radius 3 is 2.23 bits per heavy atom. The summed E-state index contributed by atoms with van der Waals surface area (Å²) in [5, 5.41) is 3.15. The number of ether oxygens (including phenoxy) is 2. The number of amides is 1. The number of benzene rings is 2. The van der Waals surface area contributed by atoms with E-state index in [-0.39, 0.29) is 6.61 Å². The molecule has 1 amide bonds. The molecule has 8 heteroatoms. The third kappa shape index (κ3) is 6.95. The Morgan fingerprint density at radius 1 is 1.07 bits per heavy atom. The van der Waals surface area contributed by atoms with E-state index in [1.165, 1.54) is 19.2 Å². The number of carbonyl (C=O) groups excluding carboxylic acids is 1. The van der Waals surface area contributed by atoms with Gasteiger partial charge in [0.05, 0.1) is 18.7 Å². The number of nitrogens with one attached hydrogen (secondary N) is 1. The molecule has 1 atom stereocenters. The van der Waals surface area contributed by atoms with Crippen molar-refractivity contribution in [1.82, 2.24) is 5.32 Å². The molecule has 0 saturated heterocycles. The zero-order valence-electron chi connectivity index (χ0n) is 17.3. The second-order valence-electron chi connectivity index (χ2n) is 7.43. The highest BCUT2D eigenvalue weighted by molar-refractivity contribution is 5.79. The third-order valence-electron chi connectivity index (χ3n) is 4.51. The van der Waals surface area contributed by atoms with Crippen molar-refractivity contribution in [2.24, 2.45) is 11.7 Å². The van der Waals surface area contributed by atoms with E-state index < -0.39 is 23.7 Å². The molecule has 0 heterocycles. The molecular weight excluding hydrogens is 397 g/mol. The maximum absolute atomic E-state index is 12.6. The monoisotopic (exact) mass is 424 g/mol. The van der Waals surface area contributed by atoms with Gasteiger partial charge in [-0.1, -0.05) is 32.0 Å². The van der Waals surface area contributed by atoms with Crippen LogP contribution in [0.15, 0.2) is 42.5 Å². The molecule has 0 bridgehead atoms. The Balaban J connectivity index is 2.00. The molecule has 0 aromatic heterocycles. The van der Waals surface area contributed by atoms with Gasteiger partial charge in [-0.2, -0.15) is 13.2 Å². The number of nitrogens with two attached hydrogens (primary N) is 1. The van der Waals surface area contributed by atoms with E-state index in [4.69, 9.17) is 15.2 Å². The lowest BCUT2D eigenvalue weighted by Crippen LogP contribution is -2.41. The number of hydrogen-bond donors (Lipinski definition) is 2. The highest BCUT2D eigenvalue weighted by Gasteiger charge is 2.29. The predicted molar refractivity (Wildman–Crippen MR) is 108 cm³/mol. The molecule has 0 radical (unpaired) electrons. The molecule has 0 aliphatic rings. The van der Waals surface area contributed by atoms with Crippen LogP contribution in [0.3, 0.4) is 0 Å². The Morgan fingerprint density at radius 2 is 1.70 bits per heavy atom. The molecule has 0 fully saturated rings. The second-order valence-corrected chi connectivity index (χ2v) is 7.43. The average Bonchev–Trinajstić information content (AvgIpc) is 2.69.